The van der Waals surface area contributed by atoms with Crippen LogP contribution < -0.4 is 5.32 Å². The summed E-state index contributed by atoms with van der Waals surface area (Å²) in [6.07, 6.45) is 2.40. The van der Waals surface area contributed by atoms with Crippen molar-refractivity contribution in [2.45, 2.75) is 46.1 Å². The van der Waals surface area contributed by atoms with Gasteiger partial charge in [-0.2, -0.15) is 0 Å². The zero-order chi connectivity index (χ0) is 14.7. The lowest BCUT2D eigenvalue weighted by molar-refractivity contribution is -0.127. The van der Waals surface area contributed by atoms with Gasteiger partial charge in [0.15, 0.2) is 0 Å². The summed E-state index contributed by atoms with van der Waals surface area (Å²) in [5.41, 5.74) is -0.244. The first-order chi connectivity index (χ1) is 8.87. The second kappa shape index (κ2) is 9.92. The molecule has 0 saturated heterocycles. The van der Waals surface area contributed by atoms with E-state index < -0.39 is 0 Å². The third-order valence-electron chi connectivity index (χ3n) is 2.66. The standard InChI is InChI=1S/C14H27NO4/c1-12(2)5-9-19-14(3,4)6-7-15-13(17)11-18-10-8-16/h8,12H,5-7,9-11H2,1-4H3,(H,15,17). The predicted octanol–water partition coefficient (Wildman–Crippen LogP) is 1.55. The van der Waals surface area contributed by atoms with Gasteiger partial charge >= 0.3 is 0 Å². The molecule has 0 bridgehead atoms. The molecule has 0 aromatic rings. The maximum atomic E-state index is 11.3. The predicted molar refractivity (Wildman–Crippen MR) is 74.0 cm³/mol. The van der Waals surface area contributed by atoms with Crippen LogP contribution in [0.15, 0.2) is 0 Å². The molecule has 0 aromatic carbocycles. The molecule has 0 rings (SSSR count). The Balaban J connectivity index is 3.66. The van der Waals surface area contributed by atoms with E-state index in [2.05, 4.69) is 19.2 Å². The van der Waals surface area contributed by atoms with Crippen LogP contribution in [0.5, 0.6) is 0 Å². The Morgan fingerprint density at radius 3 is 2.63 bits per heavy atom. The van der Waals surface area contributed by atoms with Crippen molar-refractivity contribution in [1.82, 2.24) is 5.32 Å². The van der Waals surface area contributed by atoms with E-state index in [0.717, 1.165) is 19.4 Å². The van der Waals surface area contributed by atoms with Crippen molar-refractivity contribution in [3.05, 3.63) is 0 Å². The Kier molecular flexibility index (Phi) is 9.43. The molecule has 0 atom stereocenters. The van der Waals surface area contributed by atoms with Gasteiger partial charge in [-0.05, 0) is 32.6 Å². The van der Waals surface area contributed by atoms with E-state index in [0.29, 0.717) is 18.7 Å². The van der Waals surface area contributed by atoms with Crippen LogP contribution >= 0.6 is 0 Å². The van der Waals surface area contributed by atoms with E-state index in [4.69, 9.17) is 9.47 Å². The van der Waals surface area contributed by atoms with Gasteiger partial charge in [0.05, 0.1) is 5.60 Å². The number of carbonyl (C=O) groups is 2. The minimum absolute atomic E-state index is 0.0444. The molecule has 0 spiro atoms. The molecule has 1 amide bonds. The molecule has 1 N–H and O–H groups in total. The molecule has 19 heavy (non-hydrogen) atoms. The first-order valence-electron chi connectivity index (χ1n) is 6.79. The van der Waals surface area contributed by atoms with Crippen LogP contribution in [0.4, 0.5) is 0 Å². The summed E-state index contributed by atoms with van der Waals surface area (Å²) in [4.78, 5) is 21.3. The van der Waals surface area contributed by atoms with Crippen molar-refractivity contribution in [3.8, 4) is 0 Å². The number of hydrogen-bond acceptors (Lipinski definition) is 4. The van der Waals surface area contributed by atoms with Gasteiger partial charge in [-0.3, -0.25) is 4.79 Å². The third kappa shape index (κ3) is 11.9. The normalized spacial score (nSPS) is 11.6. The first kappa shape index (κ1) is 18.1. The number of carbonyl (C=O) groups excluding carboxylic acids is 2. The lowest BCUT2D eigenvalue weighted by Crippen LogP contribution is -2.35. The second-order valence-corrected chi connectivity index (χ2v) is 5.57. The molecule has 0 saturated carbocycles. The molecule has 0 heterocycles. The lowest BCUT2D eigenvalue weighted by Gasteiger charge is -2.26. The van der Waals surface area contributed by atoms with Gasteiger partial charge in [0.1, 0.15) is 19.5 Å². The second-order valence-electron chi connectivity index (χ2n) is 5.57. The summed E-state index contributed by atoms with van der Waals surface area (Å²) >= 11 is 0. The maximum absolute atomic E-state index is 11.3. The number of amides is 1. The van der Waals surface area contributed by atoms with Crippen LogP contribution in [0.25, 0.3) is 0 Å². The topological polar surface area (TPSA) is 64.6 Å². The molecule has 0 aliphatic rings. The molecular weight excluding hydrogens is 246 g/mol. The fraction of sp³-hybridized carbons (Fsp3) is 0.857. The number of ether oxygens (including phenoxy) is 2. The van der Waals surface area contributed by atoms with Crippen molar-refractivity contribution in [1.29, 1.82) is 0 Å². The van der Waals surface area contributed by atoms with Crippen molar-refractivity contribution < 1.29 is 19.1 Å². The van der Waals surface area contributed by atoms with Crippen molar-refractivity contribution in [2.75, 3.05) is 26.4 Å². The van der Waals surface area contributed by atoms with Crippen LogP contribution in [-0.4, -0.2) is 44.2 Å². The summed E-state index contributed by atoms with van der Waals surface area (Å²) in [5.74, 6) is 0.422. The van der Waals surface area contributed by atoms with E-state index in [9.17, 15) is 9.59 Å². The lowest BCUT2D eigenvalue weighted by atomic mass is 10.0. The number of aldehydes is 1. The monoisotopic (exact) mass is 273 g/mol. The van der Waals surface area contributed by atoms with Gasteiger partial charge in [0.2, 0.25) is 5.91 Å². The first-order valence-corrected chi connectivity index (χ1v) is 6.79. The molecule has 0 aliphatic heterocycles. The molecule has 5 heteroatoms. The molecular formula is C14H27NO4. The molecule has 0 aromatic heterocycles. The summed E-state index contributed by atoms with van der Waals surface area (Å²) in [6, 6.07) is 0. The Labute approximate surface area is 116 Å². The van der Waals surface area contributed by atoms with Gasteiger partial charge in [0.25, 0.3) is 0 Å². The minimum Gasteiger partial charge on any atom is -0.375 e. The van der Waals surface area contributed by atoms with Crippen molar-refractivity contribution in [2.24, 2.45) is 5.92 Å². The van der Waals surface area contributed by atoms with Gasteiger partial charge in [0, 0.05) is 13.2 Å². The third-order valence-corrected chi connectivity index (χ3v) is 2.66. The van der Waals surface area contributed by atoms with Crippen LogP contribution in [0.1, 0.15) is 40.5 Å². The van der Waals surface area contributed by atoms with Gasteiger partial charge in [-0.25, -0.2) is 0 Å². The van der Waals surface area contributed by atoms with E-state index in [1.54, 1.807) is 0 Å². The Morgan fingerprint density at radius 2 is 2.05 bits per heavy atom. The highest BCUT2D eigenvalue weighted by molar-refractivity contribution is 5.77. The fourth-order valence-corrected chi connectivity index (χ4v) is 1.40. The molecule has 0 radical (unpaired) electrons. The Bertz CT molecular complexity index is 264. The minimum atomic E-state index is -0.244. The largest absolute Gasteiger partial charge is 0.375 e. The smallest absolute Gasteiger partial charge is 0.246 e. The van der Waals surface area contributed by atoms with Crippen LogP contribution in [0.2, 0.25) is 0 Å². The van der Waals surface area contributed by atoms with Crippen molar-refractivity contribution in [3.63, 3.8) is 0 Å². The quantitative estimate of drug-likeness (QED) is 0.458. The zero-order valence-corrected chi connectivity index (χ0v) is 12.5. The summed E-state index contributed by atoms with van der Waals surface area (Å²) in [6.45, 7) is 9.51. The Hall–Kier alpha value is -0.940. The van der Waals surface area contributed by atoms with E-state index in [1.165, 1.54) is 0 Å². The van der Waals surface area contributed by atoms with Crippen LogP contribution in [0, 0.1) is 5.92 Å². The van der Waals surface area contributed by atoms with E-state index in [1.807, 2.05) is 13.8 Å². The number of hydrogen-bond donors (Lipinski definition) is 1. The number of rotatable bonds is 11. The Morgan fingerprint density at radius 1 is 1.37 bits per heavy atom. The highest BCUT2D eigenvalue weighted by Gasteiger charge is 2.18. The average Bonchev–Trinajstić information content (AvgIpc) is 2.28. The summed E-state index contributed by atoms with van der Waals surface area (Å²) in [7, 11) is 0. The SMILES string of the molecule is CC(C)CCOC(C)(C)CCNC(=O)COCC=O. The van der Waals surface area contributed by atoms with Crippen LogP contribution in [-0.2, 0) is 19.1 Å². The van der Waals surface area contributed by atoms with Gasteiger partial charge in [-0.1, -0.05) is 13.8 Å². The molecule has 112 valence electrons. The molecule has 0 fully saturated rings. The van der Waals surface area contributed by atoms with E-state index in [-0.39, 0.29) is 24.7 Å². The summed E-state index contributed by atoms with van der Waals surface area (Å²) < 4.78 is 10.6. The fourth-order valence-electron chi connectivity index (χ4n) is 1.40. The molecule has 5 nitrogen and oxygen atoms in total. The highest BCUT2D eigenvalue weighted by Crippen LogP contribution is 2.15. The summed E-state index contributed by atoms with van der Waals surface area (Å²) in [5, 5.41) is 2.74. The number of nitrogens with one attached hydrogen (secondary N) is 1. The average molecular weight is 273 g/mol. The van der Waals surface area contributed by atoms with E-state index >= 15 is 0 Å². The van der Waals surface area contributed by atoms with Gasteiger partial charge in [-0.15, -0.1) is 0 Å². The zero-order valence-electron chi connectivity index (χ0n) is 12.5. The van der Waals surface area contributed by atoms with Crippen LogP contribution in [0.3, 0.4) is 0 Å². The van der Waals surface area contributed by atoms with Crippen molar-refractivity contribution >= 4 is 12.2 Å². The highest BCUT2D eigenvalue weighted by atomic mass is 16.5. The molecule has 0 unspecified atom stereocenters. The van der Waals surface area contributed by atoms with Gasteiger partial charge < -0.3 is 19.6 Å². The molecule has 0 aliphatic carbocycles. The maximum Gasteiger partial charge on any atom is 0.246 e.